The molecule has 0 bridgehead atoms. The Kier molecular flexibility index (Phi) is 5.80. The predicted molar refractivity (Wildman–Crippen MR) is 70.7 cm³/mol. The van der Waals surface area contributed by atoms with Crippen LogP contribution in [0.15, 0.2) is 48.6 Å². The molecule has 0 aliphatic rings. The molecule has 0 fully saturated rings. The summed E-state index contributed by atoms with van der Waals surface area (Å²) in [4.78, 5) is 10.5. The van der Waals surface area contributed by atoms with E-state index in [4.69, 9.17) is 5.11 Å². The second-order valence-electron chi connectivity index (χ2n) is 3.97. The second-order valence-corrected chi connectivity index (χ2v) is 3.97. The molecule has 0 atom stereocenters. The summed E-state index contributed by atoms with van der Waals surface area (Å²) in [6, 6.07) is 10.1. The van der Waals surface area contributed by atoms with Gasteiger partial charge in [-0.1, -0.05) is 49.1 Å². The number of benzene rings is 1. The predicted octanol–water partition coefficient (Wildman–Crippen LogP) is 3.90. The van der Waals surface area contributed by atoms with Gasteiger partial charge in [0.25, 0.3) is 0 Å². The van der Waals surface area contributed by atoms with Gasteiger partial charge in [0.1, 0.15) is 0 Å². The highest BCUT2D eigenvalue weighted by molar-refractivity contribution is 5.85. The van der Waals surface area contributed by atoms with Gasteiger partial charge in [-0.25, -0.2) is 4.79 Å². The maximum Gasteiger partial charge on any atom is 0.330 e. The van der Waals surface area contributed by atoms with Crippen molar-refractivity contribution in [3.8, 4) is 0 Å². The highest BCUT2D eigenvalue weighted by Crippen LogP contribution is 2.09. The van der Waals surface area contributed by atoms with Gasteiger partial charge in [-0.15, -0.1) is 0 Å². The molecule has 2 heteroatoms. The van der Waals surface area contributed by atoms with Crippen molar-refractivity contribution in [3.05, 3.63) is 54.1 Å². The number of carboxylic acid groups (broad SMARTS) is 1. The Balaban J connectivity index is 2.15. The normalized spacial score (nSPS) is 10.6. The van der Waals surface area contributed by atoms with E-state index in [0.29, 0.717) is 12.0 Å². The van der Waals surface area contributed by atoms with E-state index in [1.54, 1.807) is 0 Å². The molecule has 0 saturated carbocycles. The van der Waals surface area contributed by atoms with Crippen molar-refractivity contribution in [1.82, 2.24) is 0 Å². The number of hydrogen-bond acceptors (Lipinski definition) is 1. The maximum atomic E-state index is 10.5. The maximum absolute atomic E-state index is 10.5. The molecule has 0 unspecified atom stereocenters. The number of carboxylic acids is 1. The summed E-state index contributed by atoms with van der Waals surface area (Å²) in [7, 11) is 0. The van der Waals surface area contributed by atoms with Crippen LogP contribution in [0.4, 0.5) is 0 Å². The van der Waals surface area contributed by atoms with Gasteiger partial charge < -0.3 is 5.11 Å². The van der Waals surface area contributed by atoms with Gasteiger partial charge in [-0.3, -0.25) is 0 Å². The molecule has 0 aliphatic heterocycles. The Morgan fingerprint density at radius 1 is 1.24 bits per heavy atom. The van der Waals surface area contributed by atoms with Crippen LogP contribution in [0.5, 0.6) is 0 Å². The third-order valence-corrected chi connectivity index (χ3v) is 2.51. The number of carbonyl (C=O) groups is 1. The monoisotopic (exact) mass is 230 g/mol. The highest BCUT2D eigenvalue weighted by atomic mass is 16.4. The van der Waals surface area contributed by atoms with E-state index < -0.39 is 5.97 Å². The van der Waals surface area contributed by atoms with E-state index in [-0.39, 0.29) is 0 Å². The molecule has 1 N–H and O–H groups in total. The number of aliphatic carboxylic acids is 1. The van der Waals surface area contributed by atoms with Crippen molar-refractivity contribution in [1.29, 1.82) is 0 Å². The Morgan fingerprint density at radius 2 is 1.94 bits per heavy atom. The number of hydrogen-bond donors (Lipinski definition) is 1. The van der Waals surface area contributed by atoms with Crippen LogP contribution in [0.3, 0.4) is 0 Å². The minimum absolute atomic E-state index is 0.303. The standard InChI is InChI=1S/C15H18O2/c1-13(15(16)17)9-5-2-3-6-10-14-11-7-4-8-12-14/h4,6-8,10-12H,1-3,5,9H2,(H,16,17). The lowest BCUT2D eigenvalue weighted by Gasteiger charge is -1.98. The van der Waals surface area contributed by atoms with Crippen LogP contribution in [0.1, 0.15) is 31.2 Å². The SMILES string of the molecule is C=C(CCCCC=Cc1ccccc1)C(=O)O. The molecule has 0 saturated heterocycles. The summed E-state index contributed by atoms with van der Waals surface area (Å²) in [6.07, 6.45) is 7.64. The van der Waals surface area contributed by atoms with E-state index in [1.165, 1.54) is 5.56 Å². The molecule has 17 heavy (non-hydrogen) atoms. The first-order chi connectivity index (χ1) is 8.20. The smallest absolute Gasteiger partial charge is 0.330 e. The molecule has 1 aromatic carbocycles. The van der Waals surface area contributed by atoms with Crippen LogP contribution in [0.25, 0.3) is 6.08 Å². The zero-order valence-electron chi connectivity index (χ0n) is 9.93. The molecule has 0 aromatic heterocycles. The van der Waals surface area contributed by atoms with Crippen molar-refractivity contribution in [2.45, 2.75) is 25.7 Å². The summed E-state index contributed by atoms with van der Waals surface area (Å²) in [6.45, 7) is 3.50. The van der Waals surface area contributed by atoms with E-state index in [2.05, 4.69) is 30.9 Å². The lowest BCUT2D eigenvalue weighted by molar-refractivity contribution is -0.132. The van der Waals surface area contributed by atoms with E-state index in [9.17, 15) is 4.79 Å². The second kappa shape index (κ2) is 7.44. The fourth-order valence-electron chi connectivity index (χ4n) is 1.49. The molecule has 0 amide bonds. The molecule has 1 rings (SSSR count). The summed E-state index contributed by atoms with van der Waals surface area (Å²) in [5.74, 6) is -0.884. The zero-order chi connectivity index (χ0) is 12.5. The summed E-state index contributed by atoms with van der Waals surface area (Å²) in [5.41, 5.74) is 1.50. The molecule has 1 aromatic rings. The number of rotatable bonds is 7. The zero-order valence-corrected chi connectivity index (χ0v) is 9.93. The first-order valence-electron chi connectivity index (χ1n) is 5.83. The lowest BCUT2D eigenvalue weighted by Crippen LogP contribution is -1.98. The van der Waals surface area contributed by atoms with E-state index in [0.717, 1.165) is 19.3 Å². The molecule has 0 spiro atoms. The van der Waals surface area contributed by atoms with Gasteiger partial charge in [-0.2, -0.15) is 0 Å². The van der Waals surface area contributed by atoms with Crippen LogP contribution >= 0.6 is 0 Å². The Bertz CT molecular complexity index is 391. The molecular weight excluding hydrogens is 212 g/mol. The number of unbranched alkanes of at least 4 members (excludes halogenated alkanes) is 2. The topological polar surface area (TPSA) is 37.3 Å². The molecule has 90 valence electrons. The largest absolute Gasteiger partial charge is 0.478 e. The third-order valence-electron chi connectivity index (χ3n) is 2.51. The molecule has 0 aliphatic carbocycles. The summed E-state index contributed by atoms with van der Waals surface area (Å²) >= 11 is 0. The highest BCUT2D eigenvalue weighted by Gasteiger charge is 2.01. The van der Waals surface area contributed by atoms with Crippen LogP contribution < -0.4 is 0 Å². The van der Waals surface area contributed by atoms with Gasteiger partial charge >= 0.3 is 5.97 Å². The van der Waals surface area contributed by atoms with Gasteiger partial charge in [0.2, 0.25) is 0 Å². The minimum Gasteiger partial charge on any atom is -0.478 e. The number of allylic oxidation sites excluding steroid dienone is 1. The minimum atomic E-state index is -0.884. The Hall–Kier alpha value is -1.83. The summed E-state index contributed by atoms with van der Waals surface area (Å²) in [5, 5.41) is 8.62. The Morgan fingerprint density at radius 3 is 2.59 bits per heavy atom. The van der Waals surface area contributed by atoms with Crippen LogP contribution in [-0.2, 0) is 4.79 Å². The molecule has 2 nitrogen and oxygen atoms in total. The quantitative estimate of drug-likeness (QED) is 0.569. The molecular formula is C15H18O2. The van der Waals surface area contributed by atoms with Crippen molar-refractivity contribution < 1.29 is 9.90 Å². The first-order valence-corrected chi connectivity index (χ1v) is 5.83. The van der Waals surface area contributed by atoms with Gasteiger partial charge in [-0.05, 0) is 31.2 Å². The van der Waals surface area contributed by atoms with Crippen molar-refractivity contribution in [2.24, 2.45) is 0 Å². The fourth-order valence-corrected chi connectivity index (χ4v) is 1.49. The van der Waals surface area contributed by atoms with Gasteiger partial charge in [0.15, 0.2) is 0 Å². The van der Waals surface area contributed by atoms with Crippen molar-refractivity contribution >= 4 is 12.0 Å². The average Bonchev–Trinajstić information content (AvgIpc) is 2.34. The van der Waals surface area contributed by atoms with E-state index in [1.807, 2.05) is 18.2 Å². The Labute approximate surface area is 102 Å². The average molecular weight is 230 g/mol. The molecule has 0 heterocycles. The first kappa shape index (κ1) is 13.2. The van der Waals surface area contributed by atoms with Crippen LogP contribution in [0, 0.1) is 0 Å². The molecule has 0 radical (unpaired) electrons. The third kappa shape index (κ3) is 5.71. The van der Waals surface area contributed by atoms with Crippen LogP contribution in [-0.4, -0.2) is 11.1 Å². The van der Waals surface area contributed by atoms with Crippen molar-refractivity contribution in [3.63, 3.8) is 0 Å². The van der Waals surface area contributed by atoms with E-state index >= 15 is 0 Å². The van der Waals surface area contributed by atoms with Crippen molar-refractivity contribution in [2.75, 3.05) is 0 Å². The fraction of sp³-hybridized carbons (Fsp3) is 0.267. The lowest BCUT2D eigenvalue weighted by atomic mass is 10.1. The van der Waals surface area contributed by atoms with Crippen LogP contribution in [0.2, 0.25) is 0 Å². The summed E-state index contributed by atoms with van der Waals surface area (Å²) < 4.78 is 0. The van der Waals surface area contributed by atoms with Gasteiger partial charge in [0, 0.05) is 5.57 Å². The van der Waals surface area contributed by atoms with Gasteiger partial charge in [0.05, 0.1) is 0 Å².